The Labute approximate surface area is 525 Å². The van der Waals surface area contributed by atoms with Crippen molar-refractivity contribution in [3.8, 4) is 0 Å². The molecule has 0 aliphatic carbocycles. The molecular formula is C61H117N3O24. The van der Waals surface area contributed by atoms with E-state index in [4.69, 9.17) is 76.5 Å². The fraction of sp³-hybridized carbons (Fsp3) is 0.836. The van der Waals surface area contributed by atoms with Gasteiger partial charge in [0.05, 0.1) is 173 Å². The van der Waals surface area contributed by atoms with Crippen LogP contribution in [0, 0.1) is 5.41 Å². The molecule has 8 atom stereocenters. The monoisotopic (exact) mass is 1280 g/mol. The van der Waals surface area contributed by atoms with Crippen LogP contribution < -0.4 is 0 Å². The number of ether oxygens (including phenoxy) is 14. The van der Waals surface area contributed by atoms with Crippen molar-refractivity contribution < 1.29 is 116 Å². The number of nitrogens with zero attached hydrogens (tertiary/aromatic N) is 3. The third kappa shape index (κ3) is 55.2. The smallest absolute Gasteiger partial charge is 0.330 e. The standard InChI is InChI=1S/C34H73N3O12.C26H40O12.CH4/c1-8-9-10-37(17-33(42)24-45-20-28(3)46-21-29(4)48-25-32(41)16-36(7)12-14-39)18-34(43)26-49-30(5)22-47-27(2)19-44-23-31(40)15-35(6)11-13-38;1-5-9-25(30)38-17-13-34-21-26(18-31-10-14-35-22(27)6-2,19-32-11-15-36-23(28)7-3)20-33-12-16-37-24(29)8-4;/h27-34,38-43H,8-26H2,1-7H3;6-8H,2-5,9-21H2,1H3;1H4. The Balaban J connectivity index is -0.00000168. The summed E-state index contributed by atoms with van der Waals surface area (Å²) in [5, 5.41) is 59.3. The summed E-state index contributed by atoms with van der Waals surface area (Å²) in [6, 6.07) is 0. The van der Waals surface area contributed by atoms with Crippen LogP contribution in [0.15, 0.2) is 38.0 Å². The number of esters is 4. The van der Waals surface area contributed by atoms with Crippen LogP contribution in [0.5, 0.6) is 0 Å². The van der Waals surface area contributed by atoms with Gasteiger partial charge in [-0.25, -0.2) is 14.4 Å². The molecule has 0 saturated heterocycles. The van der Waals surface area contributed by atoms with Crippen LogP contribution >= 0.6 is 0 Å². The second kappa shape index (κ2) is 59.6. The van der Waals surface area contributed by atoms with Gasteiger partial charge in [-0.15, -0.1) is 0 Å². The molecule has 6 N–H and O–H groups in total. The highest BCUT2D eigenvalue weighted by Crippen LogP contribution is 2.21. The normalized spacial score (nSPS) is 14.3. The molecule has 0 bridgehead atoms. The molecule has 27 heteroatoms. The molecule has 520 valence electrons. The summed E-state index contributed by atoms with van der Waals surface area (Å²) in [6.45, 7) is 27.5. The van der Waals surface area contributed by atoms with Crippen LogP contribution in [0.1, 0.15) is 74.7 Å². The van der Waals surface area contributed by atoms with E-state index in [-0.39, 0.29) is 157 Å². The van der Waals surface area contributed by atoms with E-state index >= 15 is 0 Å². The van der Waals surface area contributed by atoms with Crippen LogP contribution in [0.4, 0.5) is 0 Å². The molecule has 8 unspecified atom stereocenters. The van der Waals surface area contributed by atoms with Gasteiger partial charge in [-0.3, -0.25) is 9.69 Å². The van der Waals surface area contributed by atoms with Crippen molar-refractivity contribution in [3.63, 3.8) is 0 Å². The zero-order chi connectivity index (χ0) is 65.5. The number of hydrogen-bond donors (Lipinski definition) is 6. The largest absolute Gasteiger partial charge is 0.463 e. The van der Waals surface area contributed by atoms with E-state index in [0.29, 0.717) is 78.5 Å². The van der Waals surface area contributed by atoms with E-state index in [1.165, 1.54) is 0 Å². The Bertz CT molecular complexity index is 1630. The Kier molecular flexibility index (Phi) is 60.0. The number of unbranched alkanes of at least 4 members (excludes halogenated alkanes) is 1. The Morgan fingerprint density at radius 3 is 1.12 bits per heavy atom. The molecule has 0 aliphatic rings. The first-order valence-electron chi connectivity index (χ1n) is 30.1. The fourth-order valence-electron chi connectivity index (χ4n) is 7.45. The first-order valence-corrected chi connectivity index (χ1v) is 30.1. The minimum absolute atomic E-state index is 0. The molecule has 0 aromatic rings. The summed E-state index contributed by atoms with van der Waals surface area (Å²) in [4.78, 5) is 50.9. The number of carbonyl (C=O) groups is 4. The van der Waals surface area contributed by atoms with Gasteiger partial charge >= 0.3 is 23.9 Å². The lowest BCUT2D eigenvalue weighted by Gasteiger charge is -2.33. The highest BCUT2D eigenvalue weighted by atomic mass is 16.6. The van der Waals surface area contributed by atoms with Gasteiger partial charge in [-0.2, -0.15) is 0 Å². The maximum atomic E-state index is 11.6. The molecule has 0 fully saturated rings. The van der Waals surface area contributed by atoms with E-state index in [0.717, 1.165) is 37.6 Å². The number of aliphatic hydroxyl groups excluding tert-OH is 6. The zero-order valence-electron chi connectivity index (χ0n) is 53.7. The van der Waals surface area contributed by atoms with Gasteiger partial charge < -0.3 is 107 Å². The van der Waals surface area contributed by atoms with E-state index in [9.17, 15) is 39.6 Å². The Hall–Kier alpha value is -3.66. The van der Waals surface area contributed by atoms with Crippen LogP contribution in [0.3, 0.4) is 0 Å². The van der Waals surface area contributed by atoms with Crippen LogP contribution in [0.2, 0.25) is 0 Å². The Morgan fingerprint density at radius 1 is 0.443 bits per heavy atom. The maximum Gasteiger partial charge on any atom is 0.330 e. The quantitative estimate of drug-likeness (QED) is 0.0216. The van der Waals surface area contributed by atoms with Gasteiger partial charge in [-0.1, -0.05) is 47.4 Å². The van der Waals surface area contributed by atoms with Gasteiger partial charge in [0.1, 0.15) is 26.4 Å². The Morgan fingerprint density at radius 2 is 0.773 bits per heavy atom. The molecule has 0 radical (unpaired) electrons. The number of rotatable bonds is 60. The average Bonchev–Trinajstić information content (AvgIpc) is 3.56. The molecular weight excluding hydrogens is 1160 g/mol. The van der Waals surface area contributed by atoms with Crippen LogP contribution in [-0.2, 0) is 85.5 Å². The van der Waals surface area contributed by atoms with Crippen molar-refractivity contribution in [1.82, 2.24) is 14.7 Å². The maximum absolute atomic E-state index is 11.6. The first-order chi connectivity index (χ1) is 41.6. The van der Waals surface area contributed by atoms with Crippen molar-refractivity contribution in [1.29, 1.82) is 0 Å². The lowest BCUT2D eigenvalue weighted by Crippen LogP contribution is -2.43. The molecule has 0 aliphatic heterocycles. The average molecular weight is 1280 g/mol. The molecule has 0 aromatic carbocycles. The van der Waals surface area contributed by atoms with E-state index < -0.39 is 47.7 Å². The topological polar surface area (TPSA) is 329 Å². The third-order valence-corrected chi connectivity index (χ3v) is 12.0. The molecule has 0 amide bonds. The predicted octanol–water partition coefficient (Wildman–Crippen LogP) is 1.24. The zero-order valence-corrected chi connectivity index (χ0v) is 53.7. The van der Waals surface area contributed by atoms with Crippen molar-refractivity contribution in [3.05, 3.63) is 38.0 Å². The number of hydrogen-bond acceptors (Lipinski definition) is 27. The van der Waals surface area contributed by atoms with Crippen LogP contribution in [-0.4, -0.2) is 323 Å². The molecule has 27 nitrogen and oxygen atoms in total. The van der Waals surface area contributed by atoms with Crippen molar-refractivity contribution in [2.24, 2.45) is 5.41 Å². The van der Waals surface area contributed by atoms with E-state index in [2.05, 4.69) is 26.7 Å². The second-order valence-electron chi connectivity index (χ2n) is 21.1. The van der Waals surface area contributed by atoms with Gasteiger partial charge in [-0.05, 0) is 61.2 Å². The minimum atomic E-state index is -0.860. The minimum Gasteiger partial charge on any atom is -0.463 e. The second-order valence-corrected chi connectivity index (χ2v) is 21.1. The summed E-state index contributed by atoms with van der Waals surface area (Å²) >= 11 is 0. The highest BCUT2D eigenvalue weighted by molar-refractivity contribution is 5.81. The molecule has 88 heavy (non-hydrogen) atoms. The van der Waals surface area contributed by atoms with Gasteiger partial charge in [0.15, 0.2) is 0 Å². The number of aliphatic hydroxyl groups is 6. The molecule has 0 rings (SSSR count). The molecule has 0 saturated carbocycles. The third-order valence-electron chi connectivity index (χ3n) is 12.0. The summed E-state index contributed by atoms with van der Waals surface area (Å²) in [7, 11) is 3.65. The van der Waals surface area contributed by atoms with Gasteiger partial charge in [0.2, 0.25) is 0 Å². The SMILES string of the molecule is C.C=CC(=O)OCCOCC(COCCOC(=O)C=C)(COCCOC(=O)C=C)COCCOC(=O)CCC.CCCCN(CC(O)COCC(C)OCC(C)OCC(O)CN(C)CCO)CC(O)COC(C)COC(C)COCC(O)CN(C)CCO. The van der Waals surface area contributed by atoms with E-state index in [1.54, 1.807) is 0 Å². The van der Waals surface area contributed by atoms with Crippen molar-refractivity contribution in [2.45, 2.75) is 123 Å². The van der Waals surface area contributed by atoms with Crippen molar-refractivity contribution >= 4 is 23.9 Å². The van der Waals surface area contributed by atoms with Crippen LogP contribution in [0.25, 0.3) is 0 Å². The molecule has 0 heterocycles. The number of carbonyl (C=O) groups excluding carboxylic acids is 4. The molecule has 0 aromatic heterocycles. The van der Waals surface area contributed by atoms with E-state index in [1.807, 2.05) is 63.4 Å². The highest BCUT2D eigenvalue weighted by Gasteiger charge is 2.33. The van der Waals surface area contributed by atoms with Crippen molar-refractivity contribution in [2.75, 3.05) is 205 Å². The van der Waals surface area contributed by atoms with Gasteiger partial charge in [0, 0.05) is 63.9 Å². The predicted molar refractivity (Wildman–Crippen MR) is 330 cm³/mol. The fourth-order valence-corrected chi connectivity index (χ4v) is 7.45. The lowest BCUT2D eigenvalue weighted by atomic mass is 9.92. The summed E-state index contributed by atoms with van der Waals surface area (Å²) in [6.07, 6.45) is 2.44. The van der Waals surface area contributed by atoms with Gasteiger partial charge in [0.25, 0.3) is 0 Å². The number of likely N-dealkylation sites (N-methyl/N-ethyl adjacent to an activating group) is 2. The molecule has 0 spiro atoms. The first kappa shape index (κ1) is 88.5. The summed E-state index contributed by atoms with van der Waals surface area (Å²) in [5.41, 5.74) is -0.860. The lowest BCUT2D eigenvalue weighted by molar-refractivity contribution is -0.149. The summed E-state index contributed by atoms with van der Waals surface area (Å²) < 4.78 is 77.1. The summed E-state index contributed by atoms with van der Waals surface area (Å²) in [5.74, 6) is -2.03.